The second kappa shape index (κ2) is 16.5. The number of carbonyl (C=O) groups is 2. The average molecular weight is 677 g/mol. The van der Waals surface area contributed by atoms with Crippen molar-refractivity contribution in [2.45, 2.75) is 202 Å². The zero-order valence-electron chi connectivity index (χ0n) is 35.9. The Morgan fingerprint density at radius 3 is 1.67 bits per heavy atom. The summed E-state index contributed by atoms with van der Waals surface area (Å²) in [5.41, 5.74) is -0.972. The van der Waals surface area contributed by atoms with Gasteiger partial charge < -0.3 is 9.47 Å². The minimum absolute atomic E-state index is 0.0223. The Kier molecular flexibility index (Phi) is 15.5. The molecular formula is C44H84O4. The largest absolute Gasteiger partial charge is 0.462 e. The Morgan fingerprint density at radius 1 is 0.729 bits per heavy atom. The first-order valence-electron chi connectivity index (χ1n) is 19.8. The minimum atomic E-state index is -0.530. The van der Waals surface area contributed by atoms with Crippen LogP contribution in [0.4, 0.5) is 0 Å². The molecule has 0 spiro atoms. The van der Waals surface area contributed by atoms with Gasteiger partial charge >= 0.3 is 11.9 Å². The third kappa shape index (κ3) is 12.0. The van der Waals surface area contributed by atoms with E-state index in [0.717, 1.165) is 51.4 Å². The van der Waals surface area contributed by atoms with Crippen LogP contribution in [0.3, 0.4) is 0 Å². The van der Waals surface area contributed by atoms with Crippen LogP contribution in [0.25, 0.3) is 0 Å². The monoisotopic (exact) mass is 677 g/mol. The summed E-state index contributed by atoms with van der Waals surface area (Å²) < 4.78 is 13.1. The zero-order chi connectivity index (χ0) is 37.8. The maximum atomic E-state index is 14.0. The molecule has 0 saturated heterocycles. The van der Waals surface area contributed by atoms with Crippen molar-refractivity contribution in [2.24, 2.45) is 68.0 Å². The van der Waals surface area contributed by atoms with Crippen molar-refractivity contribution < 1.29 is 19.1 Å². The minimum Gasteiger partial charge on any atom is -0.462 e. The quantitative estimate of drug-likeness (QED) is 0.162. The molecule has 4 nitrogen and oxygen atoms in total. The number of hydrogen-bond donors (Lipinski definition) is 0. The Labute approximate surface area is 300 Å². The Bertz CT molecular complexity index is 1020. The van der Waals surface area contributed by atoms with E-state index in [2.05, 4.69) is 138 Å². The molecule has 1 aliphatic carbocycles. The van der Waals surface area contributed by atoms with Crippen molar-refractivity contribution in [2.75, 3.05) is 0 Å². The van der Waals surface area contributed by atoms with Crippen LogP contribution in [0.15, 0.2) is 0 Å². The highest BCUT2D eigenvalue weighted by Gasteiger charge is 2.49. The Hall–Kier alpha value is -1.06. The molecule has 4 heteroatoms. The average Bonchev–Trinajstić information content (AvgIpc) is 2.91. The summed E-state index contributed by atoms with van der Waals surface area (Å²) >= 11 is 0. The van der Waals surface area contributed by atoms with Gasteiger partial charge in [-0.15, -0.1) is 0 Å². The molecule has 0 amide bonds. The van der Waals surface area contributed by atoms with E-state index in [4.69, 9.17) is 9.47 Å². The lowest BCUT2D eigenvalue weighted by molar-refractivity contribution is -0.175. The van der Waals surface area contributed by atoms with Gasteiger partial charge in [0.25, 0.3) is 0 Å². The molecule has 0 N–H and O–H groups in total. The summed E-state index contributed by atoms with van der Waals surface area (Å²) in [6, 6.07) is 0. The van der Waals surface area contributed by atoms with Crippen molar-refractivity contribution in [3.63, 3.8) is 0 Å². The van der Waals surface area contributed by atoms with Crippen LogP contribution in [-0.2, 0) is 19.1 Å². The summed E-state index contributed by atoms with van der Waals surface area (Å²) in [4.78, 5) is 28.0. The third-order valence-electron chi connectivity index (χ3n) is 13.0. The first-order valence-corrected chi connectivity index (χ1v) is 19.8. The smallest absolute Gasteiger partial charge is 0.312 e. The van der Waals surface area contributed by atoms with E-state index in [1.165, 1.54) is 0 Å². The van der Waals surface area contributed by atoms with E-state index in [0.29, 0.717) is 17.8 Å². The van der Waals surface area contributed by atoms with E-state index in [1.807, 2.05) is 0 Å². The topological polar surface area (TPSA) is 52.6 Å². The van der Waals surface area contributed by atoms with E-state index < -0.39 is 10.8 Å². The molecule has 8 atom stereocenters. The molecule has 0 aliphatic heterocycles. The Morgan fingerprint density at radius 2 is 1.25 bits per heavy atom. The highest BCUT2D eigenvalue weighted by molar-refractivity contribution is 5.78. The van der Waals surface area contributed by atoms with Gasteiger partial charge in [-0.05, 0) is 116 Å². The zero-order valence-corrected chi connectivity index (χ0v) is 35.9. The molecule has 0 bridgehead atoms. The van der Waals surface area contributed by atoms with Crippen molar-refractivity contribution in [3.05, 3.63) is 0 Å². The fourth-order valence-electron chi connectivity index (χ4n) is 8.64. The van der Waals surface area contributed by atoms with Crippen LogP contribution in [0.1, 0.15) is 190 Å². The van der Waals surface area contributed by atoms with Crippen LogP contribution in [0.2, 0.25) is 0 Å². The highest BCUT2D eigenvalue weighted by Crippen LogP contribution is 2.51. The predicted octanol–water partition coefficient (Wildman–Crippen LogP) is 13.0. The molecule has 1 fully saturated rings. The van der Waals surface area contributed by atoms with Crippen molar-refractivity contribution in [1.82, 2.24) is 0 Å². The highest BCUT2D eigenvalue weighted by atomic mass is 16.5. The van der Waals surface area contributed by atoms with Crippen molar-refractivity contribution in [3.8, 4) is 0 Å². The van der Waals surface area contributed by atoms with Gasteiger partial charge in [-0.2, -0.15) is 0 Å². The summed E-state index contributed by atoms with van der Waals surface area (Å²) in [5.74, 6) is 2.06. The standard InChI is InChI=1S/C44H84O4/c1-21-32(7)43(19,28-39(8,9)10)37(45)48-36(30(4)5)31(6)22-23-42(17,18)34-24-33(40(11,12)13)25-35(26-34)47-38(46)44(20,27-29(2)3)41(14,15)16/h29-36H,21-28H2,1-20H3. The van der Waals surface area contributed by atoms with Crippen LogP contribution in [0.5, 0.6) is 0 Å². The fraction of sp³-hybridized carbons (Fsp3) is 0.955. The van der Waals surface area contributed by atoms with Crippen LogP contribution in [0, 0.1) is 68.0 Å². The molecule has 1 aliphatic rings. The number of carbonyl (C=O) groups excluding carboxylic acids is 2. The van der Waals surface area contributed by atoms with Gasteiger partial charge in [-0.1, -0.05) is 131 Å². The molecule has 284 valence electrons. The normalized spacial score (nSPS) is 24.4. The van der Waals surface area contributed by atoms with Gasteiger partial charge in [-0.25, -0.2) is 0 Å². The van der Waals surface area contributed by atoms with E-state index >= 15 is 0 Å². The van der Waals surface area contributed by atoms with Gasteiger partial charge in [0.15, 0.2) is 0 Å². The molecular weight excluding hydrogens is 592 g/mol. The number of ether oxygens (including phenoxy) is 2. The molecule has 1 rings (SSSR count). The molecule has 0 aromatic carbocycles. The van der Waals surface area contributed by atoms with Gasteiger partial charge in [0.2, 0.25) is 0 Å². The van der Waals surface area contributed by atoms with Crippen LogP contribution >= 0.6 is 0 Å². The number of esters is 2. The third-order valence-corrected chi connectivity index (χ3v) is 13.0. The van der Waals surface area contributed by atoms with Crippen molar-refractivity contribution in [1.29, 1.82) is 0 Å². The summed E-state index contributed by atoms with van der Waals surface area (Å²) in [7, 11) is 0. The first-order chi connectivity index (χ1) is 21.4. The second-order valence-electron chi connectivity index (χ2n) is 21.8. The lowest BCUT2D eigenvalue weighted by Crippen LogP contribution is -2.46. The van der Waals surface area contributed by atoms with E-state index in [1.54, 1.807) is 0 Å². The fourth-order valence-corrected chi connectivity index (χ4v) is 8.64. The second-order valence-corrected chi connectivity index (χ2v) is 21.8. The van der Waals surface area contributed by atoms with E-state index in [9.17, 15) is 9.59 Å². The Balaban J connectivity index is 3.22. The lowest BCUT2D eigenvalue weighted by Gasteiger charge is -2.48. The number of hydrogen-bond acceptors (Lipinski definition) is 4. The molecule has 0 radical (unpaired) electrons. The molecule has 0 aromatic heterocycles. The van der Waals surface area contributed by atoms with Gasteiger partial charge in [0, 0.05) is 0 Å². The molecule has 48 heavy (non-hydrogen) atoms. The number of rotatable bonds is 15. The van der Waals surface area contributed by atoms with Gasteiger partial charge in [0.1, 0.15) is 12.2 Å². The maximum Gasteiger partial charge on any atom is 0.312 e. The molecule has 8 unspecified atom stereocenters. The first kappa shape index (κ1) is 45.0. The molecule has 0 aromatic rings. The summed E-state index contributed by atoms with van der Waals surface area (Å²) in [6.07, 6.45) is 7.49. The van der Waals surface area contributed by atoms with Crippen molar-refractivity contribution >= 4 is 11.9 Å². The van der Waals surface area contributed by atoms with Crippen LogP contribution < -0.4 is 0 Å². The predicted molar refractivity (Wildman–Crippen MR) is 206 cm³/mol. The van der Waals surface area contributed by atoms with E-state index in [-0.39, 0.29) is 63.6 Å². The molecule has 0 heterocycles. The van der Waals surface area contributed by atoms with Crippen LogP contribution in [-0.4, -0.2) is 24.1 Å². The maximum absolute atomic E-state index is 14.0. The molecule has 1 saturated carbocycles. The SMILES string of the molecule is CCC(C)C(C)(CC(C)(C)C)C(=O)OC(C(C)C)C(C)CCC(C)(C)C1CC(OC(=O)C(C)(CC(C)C)C(C)(C)C)CC(C(C)(C)C)C1. The lowest BCUT2D eigenvalue weighted by atomic mass is 9.60. The summed E-state index contributed by atoms with van der Waals surface area (Å²) in [6.45, 7) is 44.8. The summed E-state index contributed by atoms with van der Waals surface area (Å²) in [5, 5.41) is 0. The van der Waals surface area contributed by atoms with Gasteiger partial charge in [-0.3, -0.25) is 9.59 Å². The van der Waals surface area contributed by atoms with Gasteiger partial charge in [0.05, 0.1) is 10.8 Å².